The molecular formula is C16H13FN2OS. The Balaban J connectivity index is 1.71. The Hall–Kier alpha value is -2.14. The third-order valence-corrected chi connectivity index (χ3v) is 4.18. The highest BCUT2D eigenvalue weighted by Gasteiger charge is 2.09. The topological polar surface area (TPSA) is 38.9 Å². The Bertz CT molecular complexity index is 740. The fraction of sp³-hybridized carbons (Fsp3) is 0.125. The molecule has 0 N–H and O–H groups in total. The van der Waals surface area contributed by atoms with E-state index in [0.29, 0.717) is 17.5 Å². The number of thioether (sulfide) groups is 1. The van der Waals surface area contributed by atoms with Crippen LogP contribution in [0.3, 0.4) is 0 Å². The van der Waals surface area contributed by atoms with Gasteiger partial charge in [0.05, 0.1) is 5.75 Å². The molecule has 0 amide bonds. The molecule has 3 aromatic rings. The van der Waals surface area contributed by atoms with Gasteiger partial charge in [-0.05, 0) is 42.8 Å². The molecule has 0 aliphatic rings. The van der Waals surface area contributed by atoms with E-state index in [4.69, 9.17) is 4.52 Å². The van der Waals surface area contributed by atoms with Gasteiger partial charge in [-0.25, -0.2) is 4.39 Å². The third kappa shape index (κ3) is 3.31. The average Bonchev–Trinajstić information content (AvgIpc) is 2.96. The van der Waals surface area contributed by atoms with Crippen LogP contribution in [0.5, 0.6) is 0 Å². The van der Waals surface area contributed by atoms with Gasteiger partial charge < -0.3 is 4.52 Å². The Labute approximate surface area is 126 Å². The van der Waals surface area contributed by atoms with E-state index in [1.54, 1.807) is 23.9 Å². The molecule has 5 heteroatoms. The highest BCUT2D eigenvalue weighted by molar-refractivity contribution is 7.98. The van der Waals surface area contributed by atoms with Crippen LogP contribution in [0.25, 0.3) is 11.4 Å². The average molecular weight is 300 g/mol. The van der Waals surface area contributed by atoms with Gasteiger partial charge >= 0.3 is 0 Å². The summed E-state index contributed by atoms with van der Waals surface area (Å²) in [7, 11) is 0. The molecule has 0 saturated carbocycles. The molecular weight excluding hydrogens is 287 g/mol. The molecule has 2 aromatic carbocycles. The first kappa shape index (κ1) is 13.8. The van der Waals surface area contributed by atoms with Crippen LogP contribution in [0, 0.1) is 12.7 Å². The summed E-state index contributed by atoms with van der Waals surface area (Å²) in [6.07, 6.45) is 0. The van der Waals surface area contributed by atoms with Crippen molar-refractivity contribution in [2.45, 2.75) is 17.6 Å². The summed E-state index contributed by atoms with van der Waals surface area (Å²) in [6.45, 7) is 2.07. The van der Waals surface area contributed by atoms with Crippen molar-refractivity contribution in [1.82, 2.24) is 10.1 Å². The van der Waals surface area contributed by atoms with Crippen molar-refractivity contribution in [2.24, 2.45) is 0 Å². The minimum atomic E-state index is -0.280. The monoisotopic (exact) mass is 300 g/mol. The number of benzene rings is 2. The highest BCUT2D eigenvalue weighted by Crippen LogP contribution is 2.26. The van der Waals surface area contributed by atoms with Crippen molar-refractivity contribution in [3.05, 3.63) is 65.8 Å². The number of rotatable bonds is 4. The standard InChI is InChI=1S/C16H13FN2OS/c1-11-4-2-3-5-14(11)21-10-15-18-16(19-20-15)12-6-8-13(17)9-7-12/h2-9H,10H2,1H3. The smallest absolute Gasteiger partial charge is 0.237 e. The molecule has 1 aromatic heterocycles. The van der Waals surface area contributed by atoms with Crippen molar-refractivity contribution in [3.8, 4) is 11.4 Å². The molecule has 0 bridgehead atoms. The van der Waals surface area contributed by atoms with Crippen LogP contribution in [-0.2, 0) is 5.75 Å². The van der Waals surface area contributed by atoms with Crippen LogP contribution < -0.4 is 0 Å². The van der Waals surface area contributed by atoms with Gasteiger partial charge in [-0.2, -0.15) is 4.98 Å². The van der Waals surface area contributed by atoms with Crippen LogP contribution in [0.2, 0.25) is 0 Å². The predicted molar refractivity (Wildman–Crippen MR) is 80.4 cm³/mol. The lowest BCUT2D eigenvalue weighted by molar-refractivity contribution is 0.391. The summed E-state index contributed by atoms with van der Waals surface area (Å²) in [5, 5.41) is 3.93. The van der Waals surface area contributed by atoms with Gasteiger partial charge in [-0.15, -0.1) is 11.8 Å². The summed E-state index contributed by atoms with van der Waals surface area (Å²) in [5.74, 6) is 1.37. The molecule has 0 aliphatic carbocycles. The lowest BCUT2D eigenvalue weighted by Crippen LogP contribution is -1.84. The second-order valence-electron chi connectivity index (χ2n) is 4.57. The second-order valence-corrected chi connectivity index (χ2v) is 5.59. The van der Waals surface area contributed by atoms with Crippen LogP contribution >= 0.6 is 11.8 Å². The van der Waals surface area contributed by atoms with Crippen LogP contribution in [0.1, 0.15) is 11.5 Å². The van der Waals surface area contributed by atoms with Gasteiger partial charge in [0.15, 0.2) is 0 Å². The Morgan fingerprint density at radius 3 is 2.62 bits per heavy atom. The first-order valence-electron chi connectivity index (χ1n) is 6.49. The molecule has 3 nitrogen and oxygen atoms in total. The van der Waals surface area contributed by atoms with Gasteiger partial charge in [0.1, 0.15) is 5.82 Å². The summed E-state index contributed by atoms with van der Waals surface area (Å²) < 4.78 is 18.1. The number of aryl methyl sites for hydroxylation is 1. The molecule has 0 aliphatic heterocycles. The zero-order valence-electron chi connectivity index (χ0n) is 11.4. The van der Waals surface area contributed by atoms with E-state index in [2.05, 4.69) is 29.2 Å². The predicted octanol–water partition coefficient (Wildman–Crippen LogP) is 4.48. The maximum Gasteiger partial charge on any atom is 0.237 e. The molecule has 0 unspecified atom stereocenters. The summed E-state index contributed by atoms with van der Waals surface area (Å²) in [6, 6.07) is 14.2. The number of hydrogen-bond acceptors (Lipinski definition) is 4. The maximum absolute atomic E-state index is 12.9. The van der Waals surface area contributed by atoms with Crippen LogP contribution in [0.4, 0.5) is 4.39 Å². The fourth-order valence-corrected chi connectivity index (χ4v) is 2.75. The van der Waals surface area contributed by atoms with Gasteiger partial charge in [0.2, 0.25) is 11.7 Å². The number of nitrogens with zero attached hydrogens (tertiary/aromatic N) is 2. The van der Waals surface area contributed by atoms with Crippen molar-refractivity contribution >= 4 is 11.8 Å². The first-order valence-corrected chi connectivity index (χ1v) is 7.48. The van der Waals surface area contributed by atoms with Crippen molar-refractivity contribution in [1.29, 1.82) is 0 Å². The molecule has 1 heterocycles. The molecule has 106 valence electrons. The normalized spacial score (nSPS) is 10.8. The van der Waals surface area contributed by atoms with Crippen LogP contribution in [0.15, 0.2) is 57.9 Å². The molecule has 0 saturated heterocycles. The largest absolute Gasteiger partial charge is 0.338 e. The van der Waals surface area contributed by atoms with E-state index in [9.17, 15) is 4.39 Å². The molecule has 21 heavy (non-hydrogen) atoms. The Morgan fingerprint density at radius 2 is 1.86 bits per heavy atom. The van der Waals surface area contributed by atoms with Gasteiger partial charge in [-0.1, -0.05) is 23.4 Å². The van der Waals surface area contributed by atoms with E-state index in [-0.39, 0.29) is 5.82 Å². The second kappa shape index (κ2) is 6.10. The lowest BCUT2D eigenvalue weighted by atomic mass is 10.2. The van der Waals surface area contributed by atoms with Crippen molar-refractivity contribution < 1.29 is 8.91 Å². The van der Waals surface area contributed by atoms with Crippen LogP contribution in [-0.4, -0.2) is 10.1 Å². The number of halogens is 1. The van der Waals surface area contributed by atoms with E-state index in [1.165, 1.54) is 22.6 Å². The van der Waals surface area contributed by atoms with E-state index >= 15 is 0 Å². The van der Waals surface area contributed by atoms with Gasteiger partial charge in [0.25, 0.3) is 0 Å². The molecule has 0 radical (unpaired) electrons. The fourth-order valence-electron chi connectivity index (χ4n) is 1.89. The quantitative estimate of drug-likeness (QED) is 0.666. The summed E-state index contributed by atoms with van der Waals surface area (Å²) in [4.78, 5) is 5.53. The highest BCUT2D eigenvalue weighted by atomic mass is 32.2. The van der Waals surface area contributed by atoms with E-state index in [1.807, 2.05) is 12.1 Å². The van der Waals surface area contributed by atoms with Gasteiger partial charge in [-0.3, -0.25) is 0 Å². The van der Waals surface area contributed by atoms with Crippen molar-refractivity contribution in [2.75, 3.05) is 0 Å². The zero-order chi connectivity index (χ0) is 14.7. The Kier molecular flexibility index (Phi) is 4.01. The molecule has 0 atom stereocenters. The lowest BCUT2D eigenvalue weighted by Gasteiger charge is -2.01. The minimum absolute atomic E-state index is 0.280. The van der Waals surface area contributed by atoms with Gasteiger partial charge in [0, 0.05) is 10.5 Å². The number of hydrogen-bond donors (Lipinski definition) is 0. The molecule has 0 spiro atoms. The van der Waals surface area contributed by atoms with E-state index < -0.39 is 0 Å². The minimum Gasteiger partial charge on any atom is -0.338 e. The Morgan fingerprint density at radius 1 is 1.10 bits per heavy atom. The first-order chi connectivity index (χ1) is 10.2. The molecule has 0 fully saturated rings. The SMILES string of the molecule is Cc1ccccc1SCc1nc(-c2ccc(F)cc2)no1. The zero-order valence-corrected chi connectivity index (χ0v) is 12.2. The van der Waals surface area contributed by atoms with Crippen molar-refractivity contribution in [3.63, 3.8) is 0 Å². The molecule has 3 rings (SSSR count). The summed E-state index contributed by atoms with van der Waals surface area (Å²) in [5.41, 5.74) is 1.97. The maximum atomic E-state index is 12.9. The third-order valence-electron chi connectivity index (χ3n) is 3.02. The van der Waals surface area contributed by atoms with E-state index in [0.717, 1.165) is 5.56 Å². The summed E-state index contributed by atoms with van der Waals surface area (Å²) >= 11 is 1.65. The number of aromatic nitrogens is 2.